The van der Waals surface area contributed by atoms with Gasteiger partial charge in [0.15, 0.2) is 0 Å². The largest absolute Gasteiger partial charge is 0.497 e. The quantitative estimate of drug-likeness (QED) is 0.633. The zero-order chi connectivity index (χ0) is 15.5. The van der Waals surface area contributed by atoms with Gasteiger partial charge in [0.1, 0.15) is 5.75 Å². The Morgan fingerprint density at radius 1 is 1.24 bits per heavy atom. The average Bonchev–Trinajstić information content (AvgIpc) is 2.52. The minimum absolute atomic E-state index is 0.624. The van der Waals surface area contributed by atoms with Crippen LogP contribution in [0.4, 0.5) is 0 Å². The number of rotatable bonds is 11. The van der Waals surface area contributed by atoms with E-state index in [0.29, 0.717) is 11.8 Å². The zero-order valence-electron chi connectivity index (χ0n) is 14.0. The van der Waals surface area contributed by atoms with E-state index in [1.165, 1.54) is 12.0 Å². The number of methoxy groups -OCH3 is 2. The van der Waals surface area contributed by atoms with Gasteiger partial charge in [0.2, 0.25) is 0 Å². The van der Waals surface area contributed by atoms with Gasteiger partial charge in [-0.05, 0) is 61.9 Å². The van der Waals surface area contributed by atoms with E-state index in [4.69, 9.17) is 9.47 Å². The maximum atomic E-state index is 5.32. The topological polar surface area (TPSA) is 30.5 Å². The van der Waals surface area contributed by atoms with E-state index in [1.54, 1.807) is 14.2 Å². The molecule has 3 heteroatoms. The van der Waals surface area contributed by atoms with Gasteiger partial charge in [-0.2, -0.15) is 0 Å². The monoisotopic (exact) mass is 293 g/mol. The Balaban J connectivity index is 2.65. The minimum atomic E-state index is 0.624. The molecular weight excluding hydrogens is 262 g/mol. The van der Waals surface area contributed by atoms with E-state index in [9.17, 15) is 0 Å². The molecule has 0 aliphatic rings. The fraction of sp³-hybridized carbons (Fsp3) is 0.667. The van der Waals surface area contributed by atoms with Crippen molar-refractivity contribution in [3.05, 3.63) is 29.8 Å². The summed E-state index contributed by atoms with van der Waals surface area (Å²) in [6.07, 6.45) is 3.37. The van der Waals surface area contributed by atoms with Crippen molar-refractivity contribution in [2.24, 2.45) is 11.8 Å². The Bertz CT molecular complexity index is 381. The molecule has 1 N–H and O–H groups in total. The maximum absolute atomic E-state index is 5.32. The molecule has 0 heterocycles. The van der Waals surface area contributed by atoms with Gasteiger partial charge in [-0.1, -0.05) is 26.0 Å². The highest BCUT2D eigenvalue weighted by molar-refractivity contribution is 5.28. The maximum Gasteiger partial charge on any atom is 0.119 e. The van der Waals surface area contributed by atoms with E-state index in [1.807, 2.05) is 6.07 Å². The van der Waals surface area contributed by atoms with Crippen LogP contribution in [0, 0.1) is 11.8 Å². The summed E-state index contributed by atoms with van der Waals surface area (Å²) in [6, 6.07) is 8.42. The lowest BCUT2D eigenvalue weighted by Crippen LogP contribution is -2.30. The summed E-state index contributed by atoms with van der Waals surface area (Å²) in [5.74, 6) is 2.21. The molecular formula is C18H31NO2. The van der Waals surface area contributed by atoms with E-state index in [-0.39, 0.29) is 0 Å². The average molecular weight is 293 g/mol. The molecule has 0 spiro atoms. The van der Waals surface area contributed by atoms with Crippen LogP contribution < -0.4 is 10.1 Å². The molecule has 120 valence electrons. The van der Waals surface area contributed by atoms with Crippen LogP contribution in [0.3, 0.4) is 0 Å². The number of ether oxygens (including phenoxy) is 2. The van der Waals surface area contributed by atoms with Crippen LogP contribution in [0.1, 0.15) is 32.3 Å². The highest BCUT2D eigenvalue weighted by Crippen LogP contribution is 2.22. The number of hydrogen-bond donors (Lipinski definition) is 1. The fourth-order valence-electron chi connectivity index (χ4n) is 2.58. The molecule has 2 atom stereocenters. The Labute approximate surface area is 130 Å². The van der Waals surface area contributed by atoms with Crippen LogP contribution in [0.15, 0.2) is 24.3 Å². The van der Waals surface area contributed by atoms with Crippen molar-refractivity contribution < 1.29 is 9.47 Å². The lowest BCUT2D eigenvalue weighted by atomic mass is 9.86. The number of benzene rings is 1. The van der Waals surface area contributed by atoms with Gasteiger partial charge in [0.05, 0.1) is 7.11 Å². The molecule has 0 fully saturated rings. The molecule has 0 aliphatic carbocycles. The molecule has 0 bridgehead atoms. The van der Waals surface area contributed by atoms with Crippen molar-refractivity contribution in [2.45, 2.75) is 33.1 Å². The highest BCUT2D eigenvalue weighted by atomic mass is 16.5. The van der Waals surface area contributed by atoms with E-state index >= 15 is 0 Å². The first-order valence-electron chi connectivity index (χ1n) is 8.03. The van der Waals surface area contributed by atoms with Gasteiger partial charge in [-0.3, -0.25) is 0 Å². The van der Waals surface area contributed by atoms with Crippen molar-refractivity contribution in [2.75, 3.05) is 33.9 Å². The van der Waals surface area contributed by atoms with Gasteiger partial charge < -0.3 is 14.8 Å². The molecule has 0 radical (unpaired) electrons. The van der Waals surface area contributed by atoms with Crippen molar-refractivity contribution in [1.82, 2.24) is 5.32 Å². The van der Waals surface area contributed by atoms with Crippen molar-refractivity contribution >= 4 is 0 Å². The van der Waals surface area contributed by atoms with Crippen molar-refractivity contribution in [3.8, 4) is 5.75 Å². The molecule has 1 aromatic rings. The molecule has 0 saturated carbocycles. The molecule has 0 aromatic heterocycles. The Morgan fingerprint density at radius 2 is 2.05 bits per heavy atom. The second-order valence-electron chi connectivity index (χ2n) is 5.78. The molecule has 0 aliphatic heterocycles. The smallest absolute Gasteiger partial charge is 0.119 e. The van der Waals surface area contributed by atoms with Crippen LogP contribution in [-0.4, -0.2) is 33.9 Å². The predicted molar refractivity (Wildman–Crippen MR) is 89.0 cm³/mol. The summed E-state index contributed by atoms with van der Waals surface area (Å²) in [5, 5.41) is 3.57. The molecule has 0 saturated heterocycles. The van der Waals surface area contributed by atoms with Crippen LogP contribution >= 0.6 is 0 Å². The minimum Gasteiger partial charge on any atom is -0.497 e. The standard InChI is InChI=1S/C18H31NO2/c1-5-10-19-14-17(15(2)9-11-20-3)12-16-7-6-8-18(13-16)21-4/h6-8,13,15,17,19H,5,9-12,14H2,1-4H3. The molecule has 0 amide bonds. The number of nitrogens with one attached hydrogen (secondary N) is 1. The second-order valence-corrected chi connectivity index (χ2v) is 5.78. The summed E-state index contributed by atoms with van der Waals surface area (Å²) in [4.78, 5) is 0. The van der Waals surface area contributed by atoms with Crippen LogP contribution in [0.25, 0.3) is 0 Å². The summed E-state index contributed by atoms with van der Waals surface area (Å²) < 4.78 is 10.6. The van der Waals surface area contributed by atoms with Gasteiger partial charge in [0, 0.05) is 13.7 Å². The van der Waals surface area contributed by atoms with Crippen LogP contribution in [-0.2, 0) is 11.2 Å². The van der Waals surface area contributed by atoms with E-state index < -0.39 is 0 Å². The van der Waals surface area contributed by atoms with E-state index in [0.717, 1.165) is 38.3 Å². The third-order valence-electron chi connectivity index (χ3n) is 4.05. The fourth-order valence-corrected chi connectivity index (χ4v) is 2.58. The van der Waals surface area contributed by atoms with Crippen LogP contribution in [0.2, 0.25) is 0 Å². The Morgan fingerprint density at radius 3 is 2.71 bits per heavy atom. The van der Waals surface area contributed by atoms with Crippen molar-refractivity contribution in [1.29, 1.82) is 0 Å². The normalized spacial score (nSPS) is 13.9. The van der Waals surface area contributed by atoms with E-state index in [2.05, 4.69) is 37.4 Å². The van der Waals surface area contributed by atoms with Crippen LogP contribution in [0.5, 0.6) is 5.75 Å². The molecule has 1 rings (SSSR count). The molecule has 1 aromatic carbocycles. The Kier molecular flexibility index (Phi) is 9.11. The third kappa shape index (κ3) is 6.96. The SMILES string of the molecule is CCCNCC(Cc1cccc(OC)c1)C(C)CCOC. The van der Waals surface area contributed by atoms with Gasteiger partial charge in [0.25, 0.3) is 0 Å². The summed E-state index contributed by atoms with van der Waals surface area (Å²) in [7, 11) is 3.50. The zero-order valence-corrected chi connectivity index (χ0v) is 14.0. The van der Waals surface area contributed by atoms with Gasteiger partial charge >= 0.3 is 0 Å². The highest BCUT2D eigenvalue weighted by Gasteiger charge is 2.17. The Hall–Kier alpha value is -1.06. The second kappa shape index (κ2) is 10.6. The lowest BCUT2D eigenvalue weighted by molar-refractivity contribution is 0.164. The molecule has 21 heavy (non-hydrogen) atoms. The first kappa shape index (κ1) is 18.0. The van der Waals surface area contributed by atoms with Gasteiger partial charge in [-0.25, -0.2) is 0 Å². The molecule has 2 unspecified atom stereocenters. The van der Waals surface area contributed by atoms with Gasteiger partial charge in [-0.15, -0.1) is 0 Å². The lowest BCUT2D eigenvalue weighted by Gasteiger charge is -2.24. The number of hydrogen-bond acceptors (Lipinski definition) is 3. The van der Waals surface area contributed by atoms with Crippen molar-refractivity contribution in [3.63, 3.8) is 0 Å². The first-order chi connectivity index (χ1) is 10.2. The summed E-state index contributed by atoms with van der Waals surface area (Å²) in [5.41, 5.74) is 1.35. The first-order valence-corrected chi connectivity index (χ1v) is 8.03. The molecule has 3 nitrogen and oxygen atoms in total. The third-order valence-corrected chi connectivity index (χ3v) is 4.05. The summed E-state index contributed by atoms with van der Waals surface area (Å²) >= 11 is 0. The predicted octanol–water partition coefficient (Wildman–Crippen LogP) is 3.53. The summed E-state index contributed by atoms with van der Waals surface area (Å²) in [6.45, 7) is 7.53.